The first-order valence-corrected chi connectivity index (χ1v) is 6.86. The molecule has 0 aromatic heterocycles. The molecule has 2 amide bonds. The summed E-state index contributed by atoms with van der Waals surface area (Å²) in [5.41, 5.74) is 5.76. The lowest BCUT2D eigenvalue weighted by Crippen LogP contribution is -2.46. The fourth-order valence-corrected chi connectivity index (χ4v) is 2.21. The molecule has 0 aliphatic rings. The van der Waals surface area contributed by atoms with E-state index in [-0.39, 0.29) is 12.3 Å². The fourth-order valence-electron chi connectivity index (χ4n) is 1.72. The molecule has 19 heavy (non-hydrogen) atoms. The van der Waals surface area contributed by atoms with E-state index in [2.05, 4.69) is 21.2 Å². The number of nitrogens with two attached hydrogens (primary N) is 1. The van der Waals surface area contributed by atoms with Crippen LogP contribution in [0.25, 0.3) is 0 Å². The van der Waals surface area contributed by atoms with E-state index in [1.54, 1.807) is 26.0 Å². The molecule has 1 rings (SSSR count). The largest absolute Gasteiger partial charge is 0.370 e. The van der Waals surface area contributed by atoms with Crippen molar-refractivity contribution in [3.63, 3.8) is 0 Å². The monoisotopic (exact) mass is 346 g/mol. The Labute approximate surface area is 125 Å². The minimum Gasteiger partial charge on any atom is -0.370 e. The molecule has 6 heteroatoms. The summed E-state index contributed by atoms with van der Waals surface area (Å²) >= 11 is 9.35. The molecule has 3 N–H and O–H groups in total. The number of rotatable bonds is 4. The van der Waals surface area contributed by atoms with Crippen molar-refractivity contribution in [2.24, 2.45) is 5.73 Å². The second-order valence-electron chi connectivity index (χ2n) is 5.07. The summed E-state index contributed by atoms with van der Waals surface area (Å²) in [5.74, 6) is -0.751. The van der Waals surface area contributed by atoms with Crippen LogP contribution in [0.1, 0.15) is 36.2 Å². The van der Waals surface area contributed by atoms with E-state index in [4.69, 9.17) is 17.3 Å². The summed E-state index contributed by atoms with van der Waals surface area (Å²) in [7, 11) is 0. The second kappa shape index (κ2) is 5.92. The standard InChI is InChI=1S/C13H16BrClN2O2/c1-7-4-8(5-9(15)11(7)14)12(19)17-13(2,3)6-10(16)18/h4-5H,6H2,1-3H3,(H2,16,18)(H,17,19). The Bertz CT molecular complexity index is 506. The third kappa shape index (κ3) is 4.51. The average Bonchev–Trinajstić information content (AvgIpc) is 2.22. The SMILES string of the molecule is Cc1cc(C(=O)NC(C)(C)CC(N)=O)cc(Cl)c1Br. The van der Waals surface area contributed by atoms with Crippen molar-refractivity contribution in [2.45, 2.75) is 32.7 Å². The van der Waals surface area contributed by atoms with Gasteiger partial charge in [0.15, 0.2) is 0 Å². The van der Waals surface area contributed by atoms with Crippen molar-refractivity contribution in [3.8, 4) is 0 Å². The zero-order chi connectivity index (χ0) is 14.8. The van der Waals surface area contributed by atoms with E-state index < -0.39 is 11.4 Å². The lowest BCUT2D eigenvalue weighted by atomic mass is 9.99. The van der Waals surface area contributed by atoms with E-state index in [0.29, 0.717) is 10.6 Å². The molecule has 0 aliphatic carbocycles. The summed E-state index contributed by atoms with van der Waals surface area (Å²) in [6.07, 6.45) is 0.0714. The quantitative estimate of drug-likeness (QED) is 0.879. The van der Waals surface area contributed by atoms with Gasteiger partial charge in [0.1, 0.15) is 0 Å². The molecule has 0 bridgehead atoms. The van der Waals surface area contributed by atoms with Gasteiger partial charge in [0.25, 0.3) is 5.91 Å². The van der Waals surface area contributed by atoms with Crippen molar-refractivity contribution >= 4 is 39.3 Å². The molecule has 1 aromatic rings. The number of hydrogen-bond acceptors (Lipinski definition) is 2. The lowest BCUT2D eigenvalue weighted by molar-refractivity contribution is -0.119. The van der Waals surface area contributed by atoms with Gasteiger partial charge in [0.2, 0.25) is 5.91 Å². The molecular weight excluding hydrogens is 332 g/mol. The molecule has 0 atom stereocenters. The Morgan fingerprint density at radius 1 is 1.42 bits per heavy atom. The van der Waals surface area contributed by atoms with Crippen LogP contribution in [0, 0.1) is 6.92 Å². The molecule has 0 radical (unpaired) electrons. The smallest absolute Gasteiger partial charge is 0.251 e. The summed E-state index contributed by atoms with van der Waals surface area (Å²) in [4.78, 5) is 23.0. The Kier molecular flexibility index (Phi) is 4.98. The highest BCUT2D eigenvalue weighted by atomic mass is 79.9. The number of halogens is 2. The van der Waals surface area contributed by atoms with Crippen molar-refractivity contribution in [1.29, 1.82) is 0 Å². The third-order valence-electron chi connectivity index (χ3n) is 2.54. The van der Waals surface area contributed by atoms with Gasteiger partial charge in [-0.1, -0.05) is 11.6 Å². The van der Waals surface area contributed by atoms with Gasteiger partial charge in [-0.3, -0.25) is 9.59 Å². The first kappa shape index (κ1) is 16.0. The highest BCUT2D eigenvalue weighted by Crippen LogP contribution is 2.27. The molecule has 0 spiro atoms. The van der Waals surface area contributed by atoms with Crippen LogP contribution in [-0.2, 0) is 4.79 Å². The van der Waals surface area contributed by atoms with Gasteiger partial charge in [-0.25, -0.2) is 0 Å². The first-order valence-electron chi connectivity index (χ1n) is 5.69. The van der Waals surface area contributed by atoms with E-state index in [1.807, 2.05) is 6.92 Å². The van der Waals surface area contributed by atoms with Gasteiger partial charge >= 0.3 is 0 Å². The third-order valence-corrected chi connectivity index (χ3v) is 4.12. The van der Waals surface area contributed by atoms with E-state index in [9.17, 15) is 9.59 Å². The topological polar surface area (TPSA) is 72.2 Å². The van der Waals surface area contributed by atoms with Gasteiger partial charge in [0.05, 0.1) is 5.02 Å². The zero-order valence-corrected chi connectivity index (χ0v) is 13.4. The maximum atomic E-state index is 12.1. The maximum Gasteiger partial charge on any atom is 0.251 e. The normalized spacial score (nSPS) is 11.2. The van der Waals surface area contributed by atoms with Gasteiger partial charge in [0, 0.05) is 22.0 Å². The zero-order valence-electron chi connectivity index (χ0n) is 11.0. The number of benzene rings is 1. The molecule has 1 aromatic carbocycles. The van der Waals surface area contributed by atoms with Crippen LogP contribution < -0.4 is 11.1 Å². The fraction of sp³-hybridized carbons (Fsp3) is 0.385. The lowest BCUT2D eigenvalue weighted by Gasteiger charge is -2.25. The van der Waals surface area contributed by atoms with Crippen molar-refractivity contribution in [3.05, 3.63) is 32.8 Å². The number of carbonyl (C=O) groups is 2. The predicted molar refractivity (Wildman–Crippen MR) is 79.2 cm³/mol. The van der Waals surface area contributed by atoms with E-state index in [1.165, 1.54) is 0 Å². The van der Waals surface area contributed by atoms with Crippen molar-refractivity contribution in [2.75, 3.05) is 0 Å². The van der Waals surface area contributed by atoms with E-state index >= 15 is 0 Å². The van der Waals surface area contributed by atoms with E-state index in [0.717, 1.165) is 10.0 Å². The Hall–Kier alpha value is -1.07. The second-order valence-corrected chi connectivity index (χ2v) is 6.27. The van der Waals surface area contributed by atoms with Crippen LogP contribution in [-0.4, -0.2) is 17.4 Å². The van der Waals surface area contributed by atoms with Gasteiger partial charge in [-0.15, -0.1) is 0 Å². The number of amides is 2. The highest BCUT2D eigenvalue weighted by Gasteiger charge is 2.24. The van der Waals surface area contributed by atoms with Gasteiger partial charge < -0.3 is 11.1 Å². The molecule has 0 fully saturated rings. The van der Waals surface area contributed by atoms with Crippen molar-refractivity contribution < 1.29 is 9.59 Å². The average molecular weight is 348 g/mol. The Balaban J connectivity index is 2.93. The Morgan fingerprint density at radius 2 is 2.00 bits per heavy atom. The summed E-state index contributed by atoms with van der Waals surface area (Å²) in [5, 5.41) is 3.23. The number of aryl methyl sites for hydroxylation is 1. The summed E-state index contributed by atoms with van der Waals surface area (Å²) in [6.45, 7) is 5.33. The molecule has 4 nitrogen and oxygen atoms in total. The minimum atomic E-state index is -0.698. The molecule has 0 heterocycles. The Morgan fingerprint density at radius 3 is 2.47 bits per heavy atom. The number of nitrogens with one attached hydrogen (secondary N) is 1. The van der Waals surface area contributed by atoms with Crippen molar-refractivity contribution in [1.82, 2.24) is 5.32 Å². The predicted octanol–water partition coefficient (Wildman–Crippen LogP) is 2.79. The number of carbonyl (C=O) groups excluding carboxylic acids is 2. The number of primary amides is 1. The maximum absolute atomic E-state index is 12.1. The molecule has 0 unspecified atom stereocenters. The van der Waals surface area contributed by atoms with Gasteiger partial charge in [-0.2, -0.15) is 0 Å². The van der Waals surface area contributed by atoms with Gasteiger partial charge in [-0.05, 0) is 54.4 Å². The van der Waals surface area contributed by atoms with Crippen LogP contribution in [0.4, 0.5) is 0 Å². The molecular formula is C13H16BrClN2O2. The molecule has 0 aliphatic heterocycles. The number of hydrogen-bond donors (Lipinski definition) is 2. The first-order chi connectivity index (χ1) is 8.62. The van der Waals surface area contributed by atoms with Crippen LogP contribution in [0.15, 0.2) is 16.6 Å². The van der Waals surface area contributed by atoms with Crippen LogP contribution in [0.3, 0.4) is 0 Å². The molecule has 104 valence electrons. The highest BCUT2D eigenvalue weighted by molar-refractivity contribution is 9.10. The molecule has 0 saturated carbocycles. The van der Waals surface area contributed by atoms with Crippen LogP contribution in [0.5, 0.6) is 0 Å². The minimum absolute atomic E-state index is 0.0714. The summed E-state index contributed by atoms with van der Waals surface area (Å²) < 4.78 is 0.766. The summed E-state index contributed by atoms with van der Waals surface area (Å²) in [6, 6.07) is 3.31. The van der Waals surface area contributed by atoms with Crippen LogP contribution in [0.2, 0.25) is 5.02 Å². The van der Waals surface area contributed by atoms with Crippen LogP contribution >= 0.6 is 27.5 Å². The molecule has 0 saturated heterocycles.